The first-order valence-corrected chi connectivity index (χ1v) is 10.5. The topological polar surface area (TPSA) is 93.1 Å². The Kier molecular flexibility index (Phi) is 6.61. The zero-order valence-electron chi connectivity index (χ0n) is 17.4. The highest BCUT2D eigenvalue weighted by atomic mass is 35.5. The number of carbonyl (C=O) groups is 2. The van der Waals surface area contributed by atoms with Gasteiger partial charge in [0.25, 0.3) is 11.5 Å². The summed E-state index contributed by atoms with van der Waals surface area (Å²) in [5.41, 5.74) is 1.55. The van der Waals surface area contributed by atoms with Crippen LogP contribution in [0.3, 0.4) is 0 Å². The monoisotopic (exact) mass is 458 g/mol. The van der Waals surface area contributed by atoms with Crippen LogP contribution in [0.25, 0.3) is 11.3 Å². The van der Waals surface area contributed by atoms with Gasteiger partial charge in [-0.15, -0.1) is 0 Å². The van der Waals surface area contributed by atoms with E-state index in [0.29, 0.717) is 22.0 Å². The molecule has 3 aromatic carbocycles. The summed E-state index contributed by atoms with van der Waals surface area (Å²) in [5, 5.41) is 10.2. The summed E-state index contributed by atoms with van der Waals surface area (Å²) in [4.78, 5) is 38.3. The third-order valence-electron chi connectivity index (χ3n) is 4.75. The second-order valence-corrected chi connectivity index (χ2v) is 7.58. The lowest BCUT2D eigenvalue weighted by Crippen LogP contribution is -2.32. The van der Waals surface area contributed by atoms with E-state index in [4.69, 9.17) is 11.6 Å². The van der Waals surface area contributed by atoms with E-state index in [1.807, 2.05) is 30.3 Å². The van der Waals surface area contributed by atoms with Crippen molar-refractivity contribution in [2.45, 2.75) is 6.54 Å². The highest BCUT2D eigenvalue weighted by molar-refractivity contribution is 6.30. The lowest BCUT2D eigenvalue weighted by atomic mass is 10.1. The summed E-state index contributed by atoms with van der Waals surface area (Å²) in [6.45, 7) is -0.337. The molecule has 2 N–H and O–H groups in total. The van der Waals surface area contributed by atoms with Gasteiger partial charge in [-0.25, -0.2) is 4.68 Å². The van der Waals surface area contributed by atoms with Crippen LogP contribution < -0.4 is 16.2 Å². The van der Waals surface area contributed by atoms with Crippen LogP contribution in [0, 0.1) is 0 Å². The number of anilines is 2. The summed E-state index contributed by atoms with van der Waals surface area (Å²) < 4.78 is 1.04. The average Bonchev–Trinajstić information content (AvgIpc) is 2.84. The van der Waals surface area contributed by atoms with Crippen LogP contribution in [0.4, 0.5) is 11.4 Å². The third kappa shape index (κ3) is 5.53. The Balaban J connectivity index is 1.65. The summed E-state index contributed by atoms with van der Waals surface area (Å²) in [5.74, 6) is -0.882. The predicted octanol–water partition coefficient (Wildman–Crippen LogP) is 4.45. The summed E-state index contributed by atoms with van der Waals surface area (Å²) in [6.07, 6.45) is 0. The molecule has 164 valence electrons. The van der Waals surface area contributed by atoms with Crippen LogP contribution in [0.5, 0.6) is 0 Å². The number of carbonyl (C=O) groups excluding carboxylic acids is 2. The summed E-state index contributed by atoms with van der Waals surface area (Å²) in [6, 6.07) is 25.8. The molecular weight excluding hydrogens is 440 g/mol. The number of rotatable bonds is 6. The lowest BCUT2D eigenvalue weighted by molar-refractivity contribution is -0.117. The molecule has 1 aromatic heterocycles. The third-order valence-corrected chi connectivity index (χ3v) is 5.00. The fourth-order valence-electron chi connectivity index (χ4n) is 3.14. The minimum absolute atomic E-state index is 0.0250. The van der Waals surface area contributed by atoms with Gasteiger partial charge in [-0.05, 0) is 42.5 Å². The van der Waals surface area contributed by atoms with E-state index in [9.17, 15) is 14.4 Å². The first-order valence-electron chi connectivity index (χ1n) is 10.1. The van der Waals surface area contributed by atoms with Gasteiger partial charge < -0.3 is 10.6 Å². The maximum atomic E-state index is 13.0. The van der Waals surface area contributed by atoms with E-state index in [0.717, 1.165) is 10.2 Å². The molecule has 0 atom stereocenters. The van der Waals surface area contributed by atoms with E-state index in [1.165, 1.54) is 6.07 Å². The van der Waals surface area contributed by atoms with Crippen LogP contribution in [0.1, 0.15) is 10.4 Å². The molecule has 0 unspecified atom stereocenters. The van der Waals surface area contributed by atoms with Crippen molar-refractivity contribution in [3.63, 3.8) is 0 Å². The average molecular weight is 459 g/mol. The van der Waals surface area contributed by atoms with Gasteiger partial charge in [0, 0.05) is 21.8 Å². The van der Waals surface area contributed by atoms with Crippen molar-refractivity contribution in [1.82, 2.24) is 9.78 Å². The molecule has 4 rings (SSSR count). The van der Waals surface area contributed by atoms with Crippen LogP contribution in [-0.2, 0) is 11.3 Å². The number of aromatic nitrogens is 2. The van der Waals surface area contributed by atoms with Crippen molar-refractivity contribution in [3.05, 3.63) is 112 Å². The van der Waals surface area contributed by atoms with Crippen molar-refractivity contribution >= 4 is 34.8 Å². The number of hydrogen-bond acceptors (Lipinski definition) is 4. The maximum Gasteiger partial charge on any atom is 0.291 e. The first kappa shape index (κ1) is 22.0. The Hall–Kier alpha value is -4.23. The molecule has 0 fully saturated rings. The fraction of sp³-hybridized carbons (Fsp3) is 0.0400. The number of hydrogen-bond donors (Lipinski definition) is 2. The zero-order chi connectivity index (χ0) is 23.2. The van der Waals surface area contributed by atoms with Crippen molar-refractivity contribution in [1.29, 1.82) is 0 Å². The molecule has 2 amide bonds. The minimum atomic E-state index is -0.592. The molecule has 0 spiro atoms. The Morgan fingerprint density at radius 1 is 0.848 bits per heavy atom. The van der Waals surface area contributed by atoms with Gasteiger partial charge in [0.05, 0.1) is 5.69 Å². The highest BCUT2D eigenvalue weighted by Gasteiger charge is 2.16. The minimum Gasteiger partial charge on any atom is -0.324 e. The smallest absolute Gasteiger partial charge is 0.291 e. The van der Waals surface area contributed by atoms with Crippen molar-refractivity contribution in [3.8, 4) is 11.3 Å². The normalized spacial score (nSPS) is 10.5. The molecule has 0 saturated carbocycles. The number of nitrogens with zero attached hydrogens (tertiary/aromatic N) is 2. The lowest BCUT2D eigenvalue weighted by Gasteiger charge is -2.12. The quantitative estimate of drug-likeness (QED) is 0.446. The molecule has 0 aliphatic heterocycles. The van der Waals surface area contributed by atoms with E-state index in [-0.39, 0.29) is 12.2 Å². The zero-order valence-corrected chi connectivity index (χ0v) is 18.1. The standard InChI is InChI=1S/C25H19ClN4O3/c26-19-11-13-20(14-12-19)27-23(31)16-30-25(33)22(28-24(32)18-9-5-2-6-10-18)15-21(29-30)17-7-3-1-4-8-17/h1-15H,16H2,(H,27,31)(H,28,32). The Morgan fingerprint density at radius 3 is 2.15 bits per heavy atom. The molecule has 0 aliphatic rings. The predicted molar refractivity (Wildman–Crippen MR) is 128 cm³/mol. The van der Waals surface area contributed by atoms with Crippen molar-refractivity contribution in [2.24, 2.45) is 0 Å². The van der Waals surface area contributed by atoms with E-state index in [2.05, 4.69) is 15.7 Å². The second-order valence-electron chi connectivity index (χ2n) is 7.15. The number of nitrogens with one attached hydrogen (secondary N) is 2. The molecule has 0 aliphatic carbocycles. The van der Waals surface area contributed by atoms with Crippen LogP contribution in [0.2, 0.25) is 5.02 Å². The molecular formula is C25H19ClN4O3. The largest absolute Gasteiger partial charge is 0.324 e. The van der Waals surface area contributed by atoms with Crippen molar-refractivity contribution < 1.29 is 9.59 Å². The van der Waals surface area contributed by atoms with E-state index in [1.54, 1.807) is 54.6 Å². The Morgan fingerprint density at radius 2 is 1.48 bits per heavy atom. The van der Waals surface area contributed by atoms with Crippen LogP contribution >= 0.6 is 11.6 Å². The van der Waals surface area contributed by atoms with Gasteiger partial charge in [-0.2, -0.15) is 5.10 Å². The highest BCUT2D eigenvalue weighted by Crippen LogP contribution is 2.18. The Bertz CT molecular complexity index is 1340. The molecule has 8 heteroatoms. The fourth-order valence-corrected chi connectivity index (χ4v) is 3.27. The molecule has 0 saturated heterocycles. The number of halogens is 1. The Labute approximate surface area is 194 Å². The molecule has 7 nitrogen and oxygen atoms in total. The van der Waals surface area contributed by atoms with Crippen molar-refractivity contribution in [2.75, 3.05) is 10.6 Å². The van der Waals surface area contributed by atoms with Gasteiger partial charge in [-0.1, -0.05) is 60.1 Å². The molecule has 1 heterocycles. The maximum absolute atomic E-state index is 13.0. The van der Waals surface area contributed by atoms with Gasteiger partial charge in [0.15, 0.2) is 0 Å². The van der Waals surface area contributed by atoms with E-state index >= 15 is 0 Å². The molecule has 4 aromatic rings. The van der Waals surface area contributed by atoms with Gasteiger partial charge in [-0.3, -0.25) is 14.4 Å². The van der Waals surface area contributed by atoms with Crippen LogP contribution in [-0.4, -0.2) is 21.6 Å². The second kappa shape index (κ2) is 9.93. The molecule has 33 heavy (non-hydrogen) atoms. The van der Waals surface area contributed by atoms with Gasteiger partial charge >= 0.3 is 0 Å². The summed E-state index contributed by atoms with van der Waals surface area (Å²) in [7, 11) is 0. The first-order chi connectivity index (χ1) is 16.0. The number of amides is 2. The SMILES string of the molecule is O=C(Cn1nc(-c2ccccc2)cc(NC(=O)c2ccccc2)c1=O)Nc1ccc(Cl)cc1. The summed E-state index contributed by atoms with van der Waals surface area (Å²) >= 11 is 5.87. The van der Waals surface area contributed by atoms with Gasteiger partial charge in [0.1, 0.15) is 12.2 Å². The van der Waals surface area contributed by atoms with E-state index < -0.39 is 17.4 Å². The number of benzene rings is 3. The molecule has 0 bridgehead atoms. The van der Waals surface area contributed by atoms with Gasteiger partial charge in [0.2, 0.25) is 5.91 Å². The molecule has 0 radical (unpaired) electrons. The van der Waals surface area contributed by atoms with Crippen LogP contribution in [0.15, 0.2) is 95.8 Å².